The topological polar surface area (TPSA) is 65.7 Å². The third-order valence-electron chi connectivity index (χ3n) is 3.14. The predicted octanol–water partition coefficient (Wildman–Crippen LogP) is 3.02. The van der Waals surface area contributed by atoms with Crippen LogP contribution in [0.15, 0.2) is 19.0 Å². The maximum Gasteiger partial charge on any atom is 0.419 e. The van der Waals surface area contributed by atoms with Crippen LogP contribution in [0.2, 0.25) is 0 Å². The Balaban J connectivity index is 2.26. The Morgan fingerprint density at radius 3 is 2.42 bits per heavy atom. The Bertz CT molecular complexity index is 667. The molecule has 0 aliphatic heterocycles. The molecule has 0 N–H and O–H groups in total. The van der Waals surface area contributed by atoms with Crippen molar-refractivity contribution in [1.82, 2.24) is 24.7 Å². The SMILES string of the molecule is CC(C)(C)c1c(OCCC(F)C(F)(F)F)ncnc1-n1cncn1. The first-order valence-electron chi connectivity index (χ1n) is 7.14. The number of hydrogen-bond acceptors (Lipinski definition) is 5. The molecule has 2 aromatic rings. The van der Waals surface area contributed by atoms with Gasteiger partial charge in [-0.1, -0.05) is 20.8 Å². The number of rotatable bonds is 5. The minimum Gasteiger partial charge on any atom is -0.477 e. The van der Waals surface area contributed by atoms with Crippen molar-refractivity contribution in [1.29, 1.82) is 0 Å². The van der Waals surface area contributed by atoms with E-state index in [0.717, 1.165) is 0 Å². The average molecular weight is 347 g/mol. The van der Waals surface area contributed by atoms with Crippen molar-refractivity contribution in [2.45, 2.75) is 45.0 Å². The van der Waals surface area contributed by atoms with Gasteiger partial charge < -0.3 is 4.74 Å². The zero-order chi connectivity index (χ0) is 18.0. The third kappa shape index (κ3) is 4.18. The summed E-state index contributed by atoms with van der Waals surface area (Å²) in [5, 5.41) is 3.99. The van der Waals surface area contributed by atoms with E-state index in [0.29, 0.717) is 11.4 Å². The van der Waals surface area contributed by atoms with Gasteiger partial charge in [-0.25, -0.2) is 24.0 Å². The van der Waals surface area contributed by atoms with Crippen molar-refractivity contribution in [3.8, 4) is 11.7 Å². The second-order valence-corrected chi connectivity index (χ2v) is 6.11. The Hall–Kier alpha value is -2.26. The summed E-state index contributed by atoms with van der Waals surface area (Å²) in [6.07, 6.45) is -4.68. The molecule has 0 spiro atoms. The lowest BCUT2D eigenvalue weighted by atomic mass is 9.87. The molecule has 1 unspecified atom stereocenters. The van der Waals surface area contributed by atoms with Gasteiger partial charge in [-0.05, 0) is 5.41 Å². The van der Waals surface area contributed by atoms with Crippen molar-refractivity contribution in [3.63, 3.8) is 0 Å². The van der Waals surface area contributed by atoms with Gasteiger partial charge >= 0.3 is 6.18 Å². The summed E-state index contributed by atoms with van der Waals surface area (Å²) in [5.74, 6) is 0.495. The second kappa shape index (κ2) is 6.70. The molecule has 2 rings (SSSR count). The van der Waals surface area contributed by atoms with E-state index in [1.165, 1.54) is 23.7 Å². The Morgan fingerprint density at radius 1 is 1.17 bits per heavy atom. The zero-order valence-corrected chi connectivity index (χ0v) is 13.4. The summed E-state index contributed by atoms with van der Waals surface area (Å²) in [4.78, 5) is 12.0. The van der Waals surface area contributed by atoms with Gasteiger partial charge in [0.25, 0.3) is 0 Å². The summed E-state index contributed by atoms with van der Waals surface area (Å²) < 4.78 is 56.4. The fourth-order valence-corrected chi connectivity index (χ4v) is 2.04. The fourth-order valence-electron chi connectivity index (χ4n) is 2.04. The van der Waals surface area contributed by atoms with Crippen LogP contribution in [-0.2, 0) is 5.41 Å². The molecule has 0 saturated heterocycles. The van der Waals surface area contributed by atoms with Crippen molar-refractivity contribution in [3.05, 3.63) is 24.5 Å². The molecule has 2 heterocycles. The van der Waals surface area contributed by atoms with Crippen LogP contribution in [0.1, 0.15) is 32.8 Å². The van der Waals surface area contributed by atoms with E-state index in [1.807, 2.05) is 20.8 Å². The summed E-state index contributed by atoms with van der Waals surface area (Å²) in [6.45, 7) is 5.14. The van der Waals surface area contributed by atoms with E-state index in [4.69, 9.17) is 4.74 Å². The van der Waals surface area contributed by atoms with Crippen molar-refractivity contribution in [2.75, 3.05) is 6.61 Å². The minimum absolute atomic E-state index is 0.0948. The van der Waals surface area contributed by atoms with E-state index in [2.05, 4.69) is 20.1 Å². The van der Waals surface area contributed by atoms with Gasteiger partial charge in [-0.3, -0.25) is 0 Å². The van der Waals surface area contributed by atoms with Gasteiger partial charge in [0.2, 0.25) is 5.88 Å². The number of alkyl halides is 4. The van der Waals surface area contributed by atoms with E-state index >= 15 is 0 Å². The smallest absolute Gasteiger partial charge is 0.419 e. The molecule has 0 fully saturated rings. The lowest BCUT2D eigenvalue weighted by Gasteiger charge is -2.24. The Labute approximate surface area is 135 Å². The summed E-state index contributed by atoms with van der Waals surface area (Å²) in [6, 6.07) is 0. The monoisotopic (exact) mass is 347 g/mol. The number of hydrogen-bond donors (Lipinski definition) is 0. The first kappa shape index (κ1) is 18.1. The number of halogens is 4. The lowest BCUT2D eigenvalue weighted by molar-refractivity contribution is -0.183. The van der Waals surface area contributed by atoms with Gasteiger partial charge in [0.05, 0.1) is 12.2 Å². The van der Waals surface area contributed by atoms with Gasteiger partial charge in [0, 0.05) is 6.42 Å². The molecule has 10 heteroatoms. The number of aromatic nitrogens is 5. The van der Waals surface area contributed by atoms with Gasteiger partial charge in [-0.2, -0.15) is 18.3 Å². The largest absolute Gasteiger partial charge is 0.477 e. The number of nitrogens with zero attached hydrogens (tertiary/aromatic N) is 5. The van der Waals surface area contributed by atoms with Crippen LogP contribution in [0.3, 0.4) is 0 Å². The maximum absolute atomic E-state index is 13.0. The standard InChI is InChI=1S/C14H17F4N5O/c1-13(2,3)10-11(23-8-19-6-22-23)20-7-21-12(10)24-5-4-9(15)14(16,17)18/h6-9H,4-5H2,1-3H3. The molecule has 0 bridgehead atoms. The van der Waals surface area contributed by atoms with Crippen LogP contribution >= 0.6 is 0 Å². The van der Waals surface area contributed by atoms with E-state index in [1.54, 1.807) is 0 Å². The van der Waals surface area contributed by atoms with Gasteiger partial charge in [-0.15, -0.1) is 0 Å². The maximum atomic E-state index is 13.0. The highest BCUT2D eigenvalue weighted by Crippen LogP contribution is 2.33. The lowest BCUT2D eigenvalue weighted by Crippen LogP contribution is -2.27. The van der Waals surface area contributed by atoms with E-state index in [9.17, 15) is 17.6 Å². The van der Waals surface area contributed by atoms with Crippen LogP contribution in [-0.4, -0.2) is 43.7 Å². The summed E-state index contributed by atoms with van der Waals surface area (Å²) >= 11 is 0. The first-order valence-corrected chi connectivity index (χ1v) is 7.14. The molecule has 132 valence electrons. The second-order valence-electron chi connectivity index (χ2n) is 6.11. The minimum atomic E-state index is -4.90. The molecule has 0 aliphatic carbocycles. The van der Waals surface area contributed by atoms with Crippen molar-refractivity contribution >= 4 is 0 Å². The first-order chi connectivity index (χ1) is 11.1. The normalized spacial score (nSPS) is 13.8. The molecule has 2 aromatic heterocycles. The highest BCUT2D eigenvalue weighted by molar-refractivity contribution is 5.44. The zero-order valence-electron chi connectivity index (χ0n) is 13.4. The molecule has 0 aliphatic rings. The fraction of sp³-hybridized carbons (Fsp3) is 0.571. The third-order valence-corrected chi connectivity index (χ3v) is 3.14. The van der Waals surface area contributed by atoms with Crippen molar-refractivity contribution in [2.24, 2.45) is 0 Å². The van der Waals surface area contributed by atoms with E-state index < -0.39 is 30.8 Å². The van der Waals surface area contributed by atoms with Crippen LogP contribution in [0.25, 0.3) is 5.82 Å². The number of ether oxygens (including phenoxy) is 1. The van der Waals surface area contributed by atoms with Crippen LogP contribution in [0.4, 0.5) is 17.6 Å². The Kier molecular flexibility index (Phi) is 5.05. The molecule has 6 nitrogen and oxygen atoms in total. The van der Waals surface area contributed by atoms with Gasteiger partial charge in [0.1, 0.15) is 19.0 Å². The predicted molar refractivity (Wildman–Crippen MR) is 76.7 cm³/mol. The molecular formula is C14H17F4N5O. The molecule has 0 radical (unpaired) electrons. The molecule has 0 aromatic carbocycles. The summed E-state index contributed by atoms with van der Waals surface area (Å²) in [5.41, 5.74) is 0.0507. The van der Waals surface area contributed by atoms with Crippen LogP contribution in [0.5, 0.6) is 5.88 Å². The molecule has 1 atom stereocenters. The van der Waals surface area contributed by atoms with Crippen molar-refractivity contribution < 1.29 is 22.3 Å². The van der Waals surface area contributed by atoms with E-state index in [-0.39, 0.29) is 5.88 Å². The molecular weight excluding hydrogens is 330 g/mol. The molecule has 24 heavy (non-hydrogen) atoms. The average Bonchev–Trinajstić information content (AvgIpc) is 2.98. The van der Waals surface area contributed by atoms with Gasteiger partial charge in [0.15, 0.2) is 12.0 Å². The Morgan fingerprint density at radius 2 is 1.88 bits per heavy atom. The summed E-state index contributed by atoms with van der Waals surface area (Å²) in [7, 11) is 0. The highest BCUT2D eigenvalue weighted by atomic mass is 19.4. The highest BCUT2D eigenvalue weighted by Gasteiger charge is 2.39. The molecule has 0 amide bonds. The van der Waals surface area contributed by atoms with Crippen LogP contribution < -0.4 is 4.74 Å². The van der Waals surface area contributed by atoms with Crippen LogP contribution in [0, 0.1) is 0 Å². The quantitative estimate of drug-likeness (QED) is 0.778. The molecule has 0 saturated carbocycles.